The van der Waals surface area contributed by atoms with Gasteiger partial charge in [0.25, 0.3) is 0 Å². The van der Waals surface area contributed by atoms with Crippen molar-refractivity contribution in [3.63, 3.8) is 0 Å². The van der Waals surface area contributed by atoms with E-state index in [4.69, 9.17) is 0 Å². The molecular formula is C20H21NO2S. The van der Waals surface area contributed by atoms with Crippen molar-refractivity contribution in [1.82, 2.24) is 5.32 Å². The first-order valence-electron chi connectivity index (χ1n) is 7.92. The standard InChI is InChI=1S/C20H21NO2S/c1-20(2)13-15-6-4-5-7-17(15)18(21-20)12-19(22)14-8-10-16(11-9-14)24(3)23/h4-12,21H,13H2,1-3H3. The molecule has 4 heteroatoms. The molecule has 3 nitrogen and oxygen atoms in total. The molecule has 0 spiro atoms. The number of ketones is 1. The van der Waals surface area contributed by atoms with E-state index in [2.05, 4.69) is 25.2 Å². The number of rotatable bonds is 3. The van der Waals surface area contributed by atoms with Crippen molar-refractivity contribution in [3.05, 3.63) is 71.3 Å². The van der Waals surface area contributed by atoms with Crippen LogP contribution in [0.1, 0.15) is 35.3 Å². The molecule has 0 radical (unpaired) electrons. The highest BCUT2D eigenvalue weighted by Gasteiger charge is 2.27. The van der Waals surface area contributed by atoms with Crippen LogP contribution in [0.2, 0.25) is 0 Å². The number of fused-ring (bicyclic) bond motifs is 1. The summed E-state index contributed by atoms with van der Waals surface area (Å²) in [5.41, 5.74) is 3.69. The summed E-state index contributed by atoms with van der Waals surface area (Å²) in [6.45, 7) is 4.26. The van der Waals surface area contributed by atoms with Crippen molar-refractivity contribution in [2.45, 2.75) is 30.7 Å². The number of hydrogen-bond acceptors (Lipinski definition) is 3. The quantitative estimate of drug-likeness (QED) is 0.528. The Morgan fingerprint density at radius 1 is 1.17 bits per heavy atom. The highest BCUT2D eigenvalue weighted by Crippen LogP contribution is 2.29. The molecule has 1 unspecified atom stereocenters. The molecule has 0 fully saturated rings. The molecule has 2 aromatic rings. The zero-order valence-electron chi connectivity index (χ0n) is 14.1. The number of carbonyl (C=O) groups excluding carboxylic acids is 1. The molecule has 0 aliphatic carbocycles. The van der Waals surface area contributed by atoms with Crippen molar-refractivity contribution in [2.24, 2.45) is 0 Å². The van der Waals surface area contributed by atoms with Gasteiger partial charge in [-0.3, -0.25) is 4.79 Å². The van der Waals surface area contributed by atoms with Gasteiger partial charge >= 0.3 is 0 Å². The van der Waals surface area contributed by atoms with Gasteiger partial charge in [-0.15, -0.1) is 0 Å². The first kappa shape index (κ1) is 16.8. The summed E-state index contributed by atoms with van der Waals surface area (Å²) in [6, 6.07) is 15.1. The van der Waals surface area contributed by atoms with Crippen LogP contribution in [-0.4, -0.2) is 22.1 Å². The minimum atomic E-state index is -1.04. The molecule has 0 bridgehead atoms. The average Bonchev–Trinajstić information content (AvgIpc) is 2.53. The smallest absolute Gasteiger partial charge is 0.187 e. The van der Waals surface area contributed by atoms with E-state index in [9.17, 15) is 9.35 Å². The second-order valence-electron chi connectivity index (χ2n) is 6.74. The molecule has 3 rings (SSSR count). The Balaban J connectivity index is 1.94. The Hall–Kier alpha value is -2.04. The molecule has 1 aliphatic heterocycles. The van der Waals surface area contributed by atoms with E-state index in [0.29, 0.717) is 5.56 Å². The normalized spacial score (nSPS) is 18.6. The Morgan fingerprint density at radius 2 is 1.83 bits per heavy atom. The van der Waals surface area contributed by atoms with Crippen LogP contribution in [0, 0.1) is 0 Å². The van der Waals surface area contributed by atoms with Crippen LogP contribution in [0.3, 0.4) is 0 Å². The summed E-state index contributed by atoms with van der Waals surface area (Å²) in [5, 5.41) is 3.47. The monoisotopic (exact) mass is 339 g/mol. The van der Waals surface area contributed by atoms with Crippen molar-refractivity contribution in [1.29, 1.82) is 0 Å². The third kappa shape index (κ3) is 3.55. The van der Waals surface area contributed by atoms with E-state index in [0.717, 1.165) is 22.6 Å². The summed E-state index contributed by atoms with van der Waals surface area (Å²) >= 11 is -1.04. The summed E-state index contributed by atoms with van der Waals surface area (Å²) in [7, 11) is 0. The summed E-state index contributed by atoms with van der Waals surface area (Å²) in [5.74, 6) is -0.0570. The highest BCUT2D eigenvalue weighted by atomic mass is 32.2. The van der Waals surface area contributed by atoms with Crippen LogP contribution < -0.4 is 5.32 Å². The SMILES string of the molecule is C[S+]([O-])c1ccc(C(=O)C=C2NC(C)(C)Cc3ccccc32)cc1. The Kier molecular flexibility index (Phi) is 4.52. The summed E-state index contributed by atoms with van der Waals surface area (Å²) < 4.78 is 11.5. The maximum absolute atomic E-state index is 12.6. The van der Waals surface area contributed by atoms with Crippen molar-refractivity contribution in [3.8, 4) is 0 Å². The lowest BCUT2D eigenvalue weighted by atomic mass is 9.85. The van der Waals surface area contributed by atoms with E-state index in [1.165, 1.54) is 5.56 Å². The minimum Gasteiger partial charge on any atom is -0.612 e. The number of nitrogens with one attached hydrogen (secondary N) is 1. The fourth-order valence-electron chi connectivity index (χ4n) is 3.03. The molecule has 0 aromatic heterocycles. The van der Waals surface area contributed by atoms with Crippen LogP contribution in [0.25, 0.3) is 5.70 Å². The largest absolute Gasteiger partial charge is 0.612 e. The molecule has 1 N–H and O–H groups in total. The second-order valence-corrected chi connectivity index (χ2v) is 8.12. The van der Waals surface area contributed by atoms with E-state index < -0.39 is 11.2 Å². The molecule has 2 aromatic carbocycles. The fraction of sp³-hybridized carbons (Fsp3) is 0.250. The maximum Gasteiger partial charge on any atom is 0.187 e. The van der Waals surface area contributed by atoms with Gasteiger partial charge in [-0.05, 0) is 61.3 Å². The Bertz CT molecular complexity index is 792. The van der Waals surface area contributed by atoms with Crippen LogP contribution in [0.15, 0.2) is 59.5 Å². The van der Waals surface area contributed by atoms with Gasteiger partial charge in [0, 0.05) is 28.4 Å². The third-order valence-corrected chi connectivity index (χ3v) is 5.10. The van der Waals surface area contributed by atoms with Crippen molar-refractivity contribution >= 4 is 22.7 Å². The van der Waals surface area contributed by atoms with Gasteiger partial charge < -0.3 is 9.87 Å². The van der Waals surface area contributed by atoms with Crippen LogP contribution >= 0.6 is 0 Å². The lowest BCUT2D eigenvalue weighted by Gasteiger charge is -2.35. The number of benzene rings is 2. The van der Waals surface area contributed by atoms with Gasteiger partial charge in [0.2, 0.25) is 0 Å². The Labute approximate surface area is 146 Å². The first-order chi connectivity index (χ1) is 11.4. The van der Waals surface area contributed by atoms with Crippen molar-refractivity contribution < 1.29 is 9.35 Å². The van der Waals surface area contributed by atoms with Crippen LogP contribution in [0.4, 0.5) is 0 Å². The van der Waals surface area contributed by atoms with Gasteiger partial charge in [-0.1, -0.05) is 24.3 Å². The second kappa shape index (κ2) is 6.46. The van der Waals surface area contributed by atoms with E-state index in [1.807, 2.05) is 18.2 Å². The lowest BCUT2D eigenvalue weighted by molar-refractivity contribution is 0.104. The van der Waals surface area contributed by atoms with Crippen molar-refractivity contribution in [2.75, 3.05) is 6.26 Å². The third-order valence-electron chi connectivity index (χ3n) is 4.16. The molecule has 124 valence electrons. The molecule has 1 aliphatic rings. The first-order valence-corrected chi connectivity index (χ1v) is 9.47. The number of carbonyl (C=O) groups is 1. The molecular weight excluding hydrogens is 318 g/mol. The zero-order chi connectivity index (χ0) is 17.3. The summed E-state index contributed by atoms with van der Waals surface area (Å²) in [6.07, 6.45) is 4.22. The molecule has 0 saturated heterocycles. The van der Waals surface area contributed by atoms with Gasteiger partial charge in [0.1, 0.15) is 6.26 Å². The van der Waals surface area contributed by atoms with Gasteiger partial charge in [-0.25, -0.2) is 0 Å². The summed E-state index contributed by atoms with van der Waals surface area (Å²) in [4.78, 5) is 13.3. The fourth-order valence-corrected chi connectivity index (χ4v) is 3.55. The van der Waals surface area contributed by atoms with Gasteiger partial charge in [0.15, 0.2) is 10.7 Å². The molecule has 1 heterocycles. The van der Waals surface area contributed by atoms with Crippen LogP contribution in [-0.2, 0) is 17.6 Å². The van der Waals surface area contributed by atoms with E-state index >= 15 is 0 Å². The molecule has 0 amide bonds. The van der Waals surface area contributed by atoms with Gasteiger partial charge in [0.05, 0.1) is 0 Å². The topological polar surface area (TPSA) is 52.2 Å². The number of hydrogen-bond donors (Lipinski definition) is 1. The maximum atomic E-state index is 12.6. The molecule has 1 atom stereocenters. The van der Waals surface area contributed by atoms with Crippen LogP contribution in [0.5, 0.6) is 0 Å². The zero-order valence-corrected chi connectivity index (χ0v) is 14.9. The van der Waals surface area contributed by atoms with Gasteiger partial charge in [-0.2, -0.15) is 0 Å². The highest BCUT2D eigenvalue weighted by molar-refractivity contribution is 7.90. The molecule has 24 heavy (non-hydrogen) atoms. The number of allylic oxidation sites excluding steroid dienone is 1. The lowest BCUT2D eigenvalue weighted by Crippen LogP contribution is -2.43. The van der Waals surface area contributed by atoms with E-state index in [-0.39, 0.29) is 11.3 Å². The Morgan fingerprint density at radius 3 is 2.50 bits per heavy atom. The molecule has 0 saturated carbocycles. The minimum absolute atomic E-state index is 0.0570. The van der Waals surface area contributed by atoms with E-state index in [1.54, 1.807) is 36.6 Å². The average molecular weight is 339 g/mol. The predicted molar refractivity (Wildman–Crippen MR) is 98.4 cm³/mol. The predicted octanol–water partition coefficient (Wildman–Crippen LogP) is 3.57.